The molecule has 0 unspecified atom stereocenters. The standard InChI is InChI=1S/C4H7N2O2/c1-2-6(3-7)4(5)8/h2H2,1H3,(H2,5,8). The SMILES string of the molecule is CCN([C]=O)C(N)=O. The number of urea groups is 1. The number of hydrogen-bond donors (Lipinski definition) is 1. The highest BCUT2D eigenvalue weighted by molar-refractivity contribution is 5.83. The molecular formula is C4H7N2O2. The predicted molar refractivity (Wildman–Crippen MR) is 27.7 cm³/mol. The van der Waals surface area contributed by atoms with E-state index in [1.165, 1.54) is 6.41 Å². The van der Waals surface area contributed by atoms with Crippen LogP contribution in [0.4, 0.5) is 4.79 Å². The Morgan fingerprint density at radius 1 is 1.88 bits per heavy atom. The molecular weight excluding hydrogens is 108 g/mol. The van der Waals surface area contributed by atoms with Crippen molar-refractivity contribution in [1.29, 1.82) is 0 Å². The number of primary amides is 1. The Hall–Kier alpha value is -1.06. The number of hydrogen-bond acceptors (Lipinski definition) is 2. The van der Waals surface area contributed by atoms with Crippen molar-refractivity contribution in [3.63, 3.8) is 0 Å². The van der Waals surface area contributed by atoms with Crippen LogP contribution in [0.25, 0.3) is 0 Å². The van der Waals surface area contributed by atoms with Crippen molar-refractivity contribution in [3.8, 4) is 0 Å². The second-order valence-corrected chi connectivity index (χ2v) is 1.17. The minimum absolute atomic E-state index is 0.277. The Balaban J connectivity index is 3.69. The molecule has 0 spiro atoms. The Labute approximate surface area is 47.3 Å². The maximum absolute atomic E-state index is 10.0. The molecule has 0 heterocycles. The van der Waals surface area contributed by atoms with Crippen LogP contribution in [0.3, 0.4) is 0 Å². The van der Waals surface area contributed by atoms with E-state index in [1.807, 2.05) is 0 Å². The zero-order valence-corrected chi connectivity index (χ0v) is 4.55. The van der Waals surface area contributed by atoms with Crippen molar-refractivity contribution in [2.24, 2.45) is 5.73 Å². The third-order valence-electron chi connectivity index (χ3n) is 0.692. The summed E-state index contributed by atoms with van der Waals surface area (Å²) in [6.45, 7) is 1.91. The summed E-state index contributed by atoms with van der Waals surface area (Å²) in [4.78, 5) is 20.5. The molecule has 1 radical (unpaired) electrons. The highest BCUT2D eigenvalue weighted by atomic mass is 16.2. The topological polar surface area (TPSA) is 63.4 Å². The summed E-state index contributed by atoms with van der Waals surface area (Å²) in [5.74, 6) is 0. The smallest absolute Gasteiger partial charge is 0.321 e. The van der Waals surface area contributed by atoms with Gasteiger partial charge in [0.1, 0.15) is 0 Å². The van der Waals surface area contributed by atoms with Gasteiger partial charge in [0.25, 0.3) is 0 Å². The molecule has 0 aliphatic heterocycles. The first-order chi connectivity index (χ1) is 3.72. The molecule has 0 aromatic carbocycles. The van der Waals surface area contributed by atoms with Gasteiger partial charge in [-0.3, -0.25) is 9.69 Å². The van der Waals surface area contributed by atoms with E-state index in [4.69, 9.17) is 0 Å². The minimum Gasteiger partial charge on any atom is -0.351 e. The zero-order valence-electron chi connectivity index (χ0n) is 4.55. The highest BCUT2D eigenvalue weighted by Crippen LogP contribution is 1.77. The first-order valence-corrected chi connectivity index (χ1v) is 2.17. The summed E-state index contributed by atoms with van der Waals surface area (Å²) in [5, 5.41) is 0. The number of rotatable bonds is 2. The zero-order chi connectivity index (χ0) is 6.57. The lowest BCUT2D eigenvalue weighted by atomic mass is 10.6. The molecule has 0 saturated heterocycles. The van der Waals surface area contributed by atoms with Crippen LogP contribution in [0.1, 0.15) is 6.92 Å². The summed E-state index contributed by atoms with van der Waals surface area (Å²) in [7, 11) is 0. The number of imide groups is 1. The molecule has 0 aliphatic rings. The molecule has 2 N–H and O–H groups in total. The number of carbonyl (C=O) groups is 1. The number of amides is 3. The van der Waals surface area contributed by atoms with Crippen LogP contribution in [0.5, 0.6) is 0 Å². The fourth-order valence-corrected chi connectivity index (χ4v) is 0.265. The predicted octanol–water partition coefficient (Wildman–Crippen LogP) is -0.546. The first-order valence-electron chi connectivity index (χ1n) is 2.17. The Morgan fingerprint density at radius 3 is 2.38 bits per heavy atom. The maximum atomic E-state index is 10.0. The number of carbonyl (C=O) groups excluding carboxylic acids is 2. The van der Waals surface area contributed by atoms with Crippen LogP contribution in [-0.4, -0.2) is 23.9 Å². The van der Waals surface area contributed by atoms with Gasteiger partial charge in [-0.25, -0.2) is 4.79 Å². The van der Waals surface area contributed by atoms with Gasteiger partial charge in [-0.05, 0) is 6.92 Å². The van der Waals surface area contributed by atoms with Crippen LogP contribution in [-0.2, 0) is 4.79 Å². The van der Waals surface area contributed by atoms with Crippen LogP contribution in [0.2, 0.25) is 0 Å². The van der Waals surface area contributed by atoms with E-state index in [2.05, 4.69) is 5.73 Å². The molecule has 45 valence electrons. The van der Waals surface area contributed by atoms with Gasteiger partial charge in [-0.2, -0.15) is 0 Å². The van der Waals surface area contributed by atoms with Crippen molar-refractivity contribution in [2.45, 2.75) is 6.92 Å². The van der Waals surface area contributed by atoms with E-state index >= 15 is 0 Å². The minimum atomic E-state index is -0.762. The summed E-state index contributed by atoms with van der Waals surface area (Å²) in [6, 6.07) is -0.762. The average Bonchev–Trinajstić information content (AvgIpc) is 1.69. The van der Waals surface area contributed by atoms with E-state index in [-0.39, 0.29) is 6.54 Å². The average molecular weight is 115 g/mol. The third kappa shape index (κ3) is 1.59. The lowest BCUT2D eigenvalue weighted by Crippen LogP contribution is -2.33. The van der Waals surface area contributed by atoms with Gasteiger partial charge in [0, 0.05) is 6.54 Å². The van der Waals surface area contributed by atoms with Gasteiger partial charge in [0.2, 0.25) is 0 Å². The largest absolute Gasteiger partial charge is 0.351 e. The normalized spacial score (nSPS) is 8.12. The molecule has 4 nitrogen and oxygen atoms in total. The molecule has 0 fully saturated rings. The third-order valence-corrected chi connectivity index (χ3v) is 0.692. The van der Waals surface area contributed by atoms with Crippen LogP contribution >= 0.6 is 0 Å². The van der Waals surface area contributed by atoms with Gasteiger partial charge >= 0.3 is 12.4 Å². The lowest BCUT2D eigenvalue weighted by Gasteiger charge is -2.04. The maximum Gasteiger partial charge on any atom is 0.321 e. The van der Waals surface area contributed by atoms with Crippen LogP contribution in [0.15, 0.2) is 0 Å². The van der Waals surface area contributed by atoms with Gasteiger partial charge < -0.3 is 5.73 Å². The van der Waals surface area contributed by atoms with Crippen molar-refractivity contribution < 1.29 is 9.59 Å². The summed E-state index contributed by atoms with van der Waals surface area (Å²) in [5.41, 5.74) is 4.68. The molecule has 4 heteroatoms. The van der Waals surface area contributed by atoms with Crippen LogP contribution in [0, 0.1) is 0 Å². The van der Waals surface area contributed by atoms with Gasteiger partial charge in [-0.1, -0.05) is 0 Å². The molecule has 0 atom stereocenters. The molecule has 0 aromatic heterocycles. The molecule has 3 amide bonds. The summed E-state index contributed by atoms with van der Waals surface area (Å²) >= 11 is 0. The van der Waals surface area contributed by atoms with E-state index in [0.29, 0.717) is 0 Å². The second kappa shape index (κ2) is 3.01. The molecule has 0 saturated carbocycles. The van der Waals surface area contributed by atoms with E-state index in [9.17, 15) is 9.59 Å². The van der Waals surface area contributed by atoms with Crippen molar-refractivity contribution in [2.75, 3.05) is 6.54 Å². The second-order valence-electron chi connectivity index (χ2n) is 1.17. The lowest BCUT2D eigenvalue weighted by molar-refractivity contribution is 0.230. The molecule has 0 aromatic rings. The Kier molecular flexibility index (Phi) is 2.61. The molecule has 8 heavy (non-hydrogen) atoms. The molecule has 0 aliphatic carbocycles. The summed E-state index contributed by atoms with van der Waals surface area (Å²) in [6.07, 6.45) is 1.36. The number of nitrogens with zero attached hydrogens (tertiary/aromatic N) is 1. The van der Waals surface area contributed by atoms with Crippen LogP contribution < -0.4 is 5.73 Å². The Morgan fingerprint density at radius 2 is 2.38 bits per heavy atom. The first kappa shape index (κ1) is 6.94. The monoisotopic (exact) mass is 115 g/mol. The van der Waals surface area contributed by atoms with Crippen molar-refractivity contribution >= 4 is 12.4 Å². The van der Waals surface area contributed by atoms with Gasteiger partial charge in [0.05, 0.1) is 0 Å². The van der Waals surface area contributed by atoms with Crippen molar-refractivity contribution in [1.82, 2.24) is 4.90 Å². The molecule has 0 rings (SSSR count). The summed E-state index contributed by atoms with van der Waals surface area (Å²) < 4.78 is 0. The van der Waals surface area contributed by atoms with E-state index < -0.39 is 6.03 Å². The van der Waals surface area contributed by atoms with E-state index in [0.717, 1.165) is 4.90 Å². The quantitative estimate of drug-likeness (QED) is 0.491. The number of nitrogens with two attached hydrogens (primary N) is 1. The van der Waals surface area contributed by atoms with Gasteiger partial charge in [-0.15, -0.1) is 0 Å². The Bertz CT molecular complexity index is 102. The highest BCUT2D eigenvalue weighted by Gasteiger charge is 2.03. The van der Waals surface area contributed by atoms with Gasteiger partial charge in [0.15, 0.2) is 0 Å². The fraction of sp³-hybridized carbons (Fsp3) is 0.500. The van der Waals surface area contributed by atoms with Crippen molar-refractivity contribution in [3.05, 3.63) is 0 Å². The van der Waals surface area contributed by atoms with E-state index in [1.54, 1.807) is 6.92 Å². The fourth-order valence-electron chi connectivity index (χ4n) is 0.265. The molecule has 0 bridgehead atoms.